The largest absolute Gasteiger partial charge is 0.346 e. The first-order chi connectivity index (χ1) is 9.85. The Kier molecular flexibility index (Phi) is 2.12. The van der Waals surface area contributed by atoms with Crippen molar-refractivity contribution >= 4 is 22.1 Å². The zero-order valence-electron chi connectivity index (χ0n) is 10.4. The number of fused-ring (bicyclic) bond motifs is 3. The molecule has 0 aliphatic heterocycles. The van der Waals surface area contributed by atoms with Gasteiger partial charge in [-0.25, -0.2) is 9.97 Å². The molecule has 4 rings (SSSR count). The first-order valence-electron chi connectivity index (χ1n) is 6.17. The molecule has 0 amide bonds. The van der Waals surface area contributed by atoms with Crippen LogP contribution < -0.4 is 0 Å². The Morgan fingerprint density at radius 1 is 1.10 bits per heavy atom. The number of rotatable bonds is 1. The third-order valence-corrected chi connectivity index (χ3v) is 3.32. The van der Waals surface area contributed by atoms with Crippen LogP contribution in [0.25, 0.3) is 33.5 Å². The number of H-pyrrole nitrogens is 2. The second-order valence-electron chi connectivity index (χ2n) is 4.53. The van der Waals surface area contributed by atoms with Crippen LogP contribution in [0.15, 0.2) is 42.7 Å². The molecule has 1 aromatic carbocycles. The molecule has 0 fully saturated rings. The highest BCUT2D eigenvalue weighted by Crippen LogP contribution is 2.25. The smallest absolute Gasteiger partial charge is 0.139 e. The van der Waals surface area contributed by atoms with Gasteiger partial charge in [0, 0.05) is 17.1 Å². The van der Waals surface area contributed by atoms with Crippen LogP contribution in [-0.4, -0.2) is 19.9 Å². The van der Waals surface area contributed by atoms with E-state index >= 15 is 0 Å². The second-order valence-corrected chi connectivity index (χ2v) is 4.53. The van der Waals surface area contributed by atoms with Crippen LogP contribution in [0, 0.1) is 11.3 Å². The van der Waals surface area contributed by atoms with Crippen molar-refractivity contribution in [1.82, 2.24) is 19.9 Å². The number of nitrogens with one attached hydrogen (secondary N) is 2. The van der Waals surface area contributed by atoms with E-state index in [1.807, 2.05) is 24.4 Å². The molecule has 0 unspecified atom stereocenters. The second kappa shape index (κ2) is 3.93. The lowest BCUT2D eigenvalue weighted by Gasteiger charge is -1.95. The fourth-order valence-electron chi connectivity index (χ4n) is 2.31. The first-order valence-corrected chi connectivity index (χ1v) is 6.17. The number of pyridine rings is 1. The zero-order valence-corrected chi connectivity index (χ0v) is 10.4. The highest BCUT2D eigenvalue weighted by Gasteiger charge is 2.09. The highest BCUT2D eigenvalue weighted by molar-refractivity contribution is 6.01. The summed E-state index contributed by atoms with van der Waals surface area (Å²) >= 11 is 0. The summed E-state index contributed by atoms with van der Waals surface area (Å²) in [5.74, 6) is 0.778. The molecule has 3 heterocycles. The van der Waals surface area contributed by atoms with Crippen LogP contribution in [0.3, 0.4) is 0 Å². The molecule has 0 saturated heterocycles. The predicted molar refractivity (Wildman–Crippen MR) is 75.9 cm³/mol. The Balaban J connectivity index is 1.93. The lowest BCUT2D eigenvalue weighted by Crippen LogP contribution is -1.80. The summed E-state index contributed by atoms with van der Waals surface area (Å²) in [6.45, 7) is 0. The van der Waals surface area contributed by atoms with Gasteiger partial charge in [-0.05, 0) is 30.3 Å². The van der Waals surface area contributed by atoms with Gasteiger partial charge in [0.2, 0.25) is 0 Å². The normalized spacial score (nSPS) is 10.9. The van der Waals surface area contributed by atoms with Crippen molar-refractivity contribution < 1.29 is 0 Å². The van der Waals surface area contributed by atoms with Gasteiger partial charge in [-0.3, -0.25) is 0 Å². The van der Waals surface area contributed by atoms with Crippen LogP contribution in [0.2, 0.25) is 0 Å². The quantitative estimate of drug-likeness (QED) is 0.551. The molecule has 0 radical (unpaired) electrons. The van der Waals surface area contributed by atoms with E-state index in [4.69, 9.17) is 5.26 Å². The molecule has 20 heavy (non-hydrogen) atoms. The number of nitrogens with zero attached hydrogens (tertiary/aromatic N) is 3. The maximum absolute atomic E-state index is 8.82. The van der Waals surface area contributed by atoms with E-state index in [2.05, 4.69) is 26.0 Å². The van der Waals surface area contributed by atoms with Gasteiger partial charge < -0.3 is 9.97 Å². The third-order valence-electron chi connectivity index (χ3n) is 3.32. The standard InChI is InChI=1S/C15H9N5/c16-7-9-1-3-10(4-2-9)14-19-12-8-18-15-11(5-6-17-15)13(12)20-14/h1-6,8H,(H,17,18)(H,19,20). The molecule has 0 saturated carbocycles. The van der Waals surface area contributed by atoms with Gasteiger partial charge in [-0.2, -0.15) is 5.26 Å². The molecule has 4 aromatic rings. The molecule has 5 heteroatoms. The van der Waals surface area contributed by atoms with Gasteiger partial charge in [0.05, 0.1) is 23.3 Å². The summed E-state index contributed by atoms with van der Waals surface area (Å²) < 4.78 is 0. The zero-order chi connectivity index (χ0) is 13.5. The summed E-state index contributed by atoms with van der Waals surface area (Å²) in [7, 11) is 0. The minimum absolute atomic E-state index is 0.638. The SMILES string of the molecule is N#Cc1ccc(-c2nc3c(cnc4[nH]ccc43)[nH]2)cc1. The van der Waals surface area contributed by atoms with E-state index in [0.717, 1.165) is 33.5 Å². The average Bonchev–Trinajstić information content (AvgIpc) is 3.12. The topological polar surface area (TPSA) is 81.2 Å². The Morgan fingerprint density at radius 3 is 2.75 bits per heavy atom. The molecule has 94 valence electrons. The lowest BCUT2D eigenvalue weighted by molar-refractivity contribution is 1.32. The summed E-state index contributed by atoms with van der Waals surface area (Å²) in [5, 5.41) is 9.82. The van der Waals surface area contributed by atoms with Crippen molar-refractivity contribution in [2.75, 3.05) is 0 Å². The maximum atomic E-state index is 8.82. The minimum Gasteiger partial charge on any atom is -0.346 e. The van der Waals surface area contributed by atoms with E-state index < -0.39 is 0 Å². The van der Waals surface area contributed by atoms with Gasteiger partial charge >= 0.3 is 0 Å². The summed E-state index contributed by atoms with van der Waals surface area (Å²) in [5.41, 5.74) is 4.21. The van der Waals surface area contributed by atoms with Gasteiger partial charge in [0.15, 0.2) is 0 Å². The molecule has 0 spiro atoms. The van der Waals surface area contributed by atoms with Crippen molar-refractivity contribution in [3.8, 4) is 17.5 Å². The first kappa shape index (κ1) is 10.8. The number of imidazole rings is 1. The van der Waals surface area contributed by atoms with Crippen LogP contribution in [0.4, 0.5) is 0 Å². The van der Waals surface area contributed by atoms with Gasteiger partial charge in [0.1, 0.15) is 17.0 Å². The van der Waals surface area contributed by atoms with Gasteiger partial charge in [-0.1, -0.05) is 0 Å². The maximum Gasteiger partial charge on any atom is 0.139 e. The lowest BCUT2D eigenvalue weighted by atomic mass is 10.1. The van der Waals surface area contributed by atoms with E-state index in [-0.39, 0.29) is 0 Å². The third kappa shape index (κ3) is 1.49. The number of aromatic nitrogens is 4. The van der Waals surface area contributed by atoms with E-state index in [9.17, 15) is 0 Å². The number of aromatic amines is 2. The molecule has 0 bridgehead atoms. The molecule has 0 aliphatic rings. The molecule has 5 nitrogen and oxygen atoms in total. The molecule has 0 aliphatic carbocycles. The van der Waals surface area contributed by atoms with Crippen LogP contribution in [0.1, 0.15) is 5.56 Å². The number of nitriles is 1. The van der Waals surface area contributed by atoms with Crippen LogP contribution in [-0.2, 0) is 0 Å². The van der Waals surface area contributed by atoms with Gasteiger partial charge in [0.25, 0.3) is 0 Å². The number of hydrogen-bond donors (Lipinski definition) is 2. The van der Waals surface area contributed by atoms with Crippen LogP contribution >= 0.6 is 0 Å². The highest BCUT2D eigenvalue weighted by atomic mass is 15.0. The molecule has 2 N–H and O–H groups in total. The molecule has 3 aromatic heterocycles. The predicted octanol–water partition coefficient (Wildman–Crippen LogP) is 2.98. The summed E-state index contributed by atoms with van der Waals surface area (Å²) in [6, 6.07) is 11.4. The Bertz CT molecular complexity index is 953. The molecular formula is C15H9N5. The Morgan fingerprint density at radius 2 is 1.95 bits per heavy atom. The Labute approximate surface area is 113 Å². The fourth-order valence-corrected chi connectivity index (χ4v) is 2.31. The average molecular weight is 259 g/mol. The van der Waals surface area contributed by atoms with E-state index in [1.165, 1.54) is 0 Å². The van der Waals surface area contributed by atoms with Crippen LogP contribution in [0.5, 0.6) is 0 Å². The van der Waals surface area contributed by atoms with Crippen molar-refractivity contribution in [3.63, 3.8) is 0 Å². The van der Waals surface area contributed by atoms with E-state index in [0.29, 0.717) is 5.56 Å². The number of benzene rings is 1. The minimum atomic E-state index is 0.638. The van der Waals surface area contributed by atoms with Crippen molar-refractivity contribution in [2.45, 2.75) is 0 Å². The molecular weight excluding hydrogens is 250 g/mol. The van der Waals surface area contributed by atoms with Crippen molar-refractivity contribution in [3.05, 3.63) is 48.3 Å². The summed E-state index contributed by atoms with van der Waals surface area (Å²) in [6.07, 6.45) is 3.63. The van der Waals surface area contributed by atoms with Gasteiger partial charge in [-0.15, -0.1) is 0 Å². The fraction of sp³-hybridized carbons (Fsp3) is 0. The number of hydrogen-bond acceptors (Lipinski definition) is 3. The molecule has 0 atom stereocenters. The van der Waals surface area contributed by atoms with E-state index in [1.54, 1.807) is 18.3 Å². The van der Waals surface area contributed by atoms with Crippen molar-refractivity contribution in [1.29, 1.82) is 5.26 Å². The van der Waals surface area contributed by atoms with Crippen molar-refractivity contribution in [2.24, 2.45) is 0 Å². The summed E-state index contributed by atoms with van der Waals surface area (Å²) in [4.78, 5) is 15.3. The monoisotopic (exact) mass is 259 g/mol. The Hall–Kier alpha value is -3.13.